The topological polar surface area (TPSA) is 49.8 Å². The molecule has 0 aliphatic rings. The number of rotatable bonds is 4. The van der Waals surface area contributed by atoms with Crippen LogP contribution in [-0.4, -0.2) is 33.4 Å². The van der Waals surface area contributed by atoms with E-state index in [1.807, 2.05) is 25.1 Å². The molecular formula is C27H25NO4. The van der Waals surface area contributed by atoms with Gasteiger partial charge in [-0.3, -0.25) is 4.98 Å². The lowest BCUT2D eigenvalue weighted by atomic mass is 9.92. The van der Waals surface area contributed by atoms with Crippen LogP contribution >= 0.6 is 0 Å². The van der Waals surface area contributed by atoms with Crippen LogP contribution in [0.5, 0.6) is 23.0 Å². The molecule has 0 aliphatic carbocycles. The van der Waals surface area contributed by atoms with Crippen LogP contribution in [0.1, 0.15) is 11.3 Å². The molecule has 0 fully saturated rings. The molecule has 5 heteroatoms. The van der Waals surface area contributed by atoms with Gasteiger partial charge < -0.3 is 18.9 Å². The predicted octanol–water partition coefficient (Wildman–Crippen LogP) is 6.35. The van der Waals surface area contributed by atoms with Gasteiger partial charge in [-0.25, -0.2) is 0 Å². The van der Waals surface area contributed by atoms with Crippen molar-refractivity contribution in [3.05, 3.63) is 53.7 Å². The number of aromatic nitrogens is 1. The Morgan fingerprint density at radius 1 is 0.531 bits per heavy atom. The van der Waals surface area contributed by atoms with E-state index in [1.165, 1.54) is 5.56 Å². The highest BCUT2D eigenvalue weighted by molar-refractivity contribution is 6.31. The minimum atomic E-state index is 0.683. The molecule has 0 bridgehead atoms. The number of fused-ring (bicyclic) bond motifs is 8. The summed E-state index contributed by atoms with van der Waals surface area (Å²) in [5, 5.41) is 7.53. The molecule has 5 rings (SSSR count). The normalized spacial score (nSPS) is 11.4. The van der Waals surface area contributed by atoms with E-state index in [9.17, 15) is 0 Å². The molecule has 0 saturated carbocycles. The molecule has 0 saturated heterocycles. The summed E-state index contributed by atoms with van der Waals surface area (Å²) in [5.41, 5.74) is 3.09. The van der Waals surface area contributed by atoms with Crippen molar-refractivity contribution in [2.45, 2.75) is 13.8 Å². The summed E-state index contributed by atoms with van der Waals surface area (Å²) >= 11 is 0. The average molecular weight is 428 g/mol. The first-order valence-electron chi connectivity index (χ1n) is 10.4. The van der Waals surface area contributed by atoms with Gasteiger partial charge in [-0.15, -0.1) is 0 Å². The first-order valence-corrected chi connectivity index (χ1v) is 10.4. The van der Waals surface area contributed by atoms with Crippen LogP contribution in [0, 0.1) is 13.8 Å². The van der Waals surface area contributed by atoms with Crippen LogP contribution in [0.3, 0.4) is 0 Å². The van der Waals surface area contributed by atoms with Crippen molar-refractivity contribution in [1.82, 2.24) is 4.98 Å². The quantitative estimate of drug-likeness (QED) is 0.313. The Hall–Kier alpha value is -3.73. The fourth-order valence-corrected chi connectivity index (χ4v) is 4.66. The Balaban J connectivity index is 2.12. The zero-order valence-electron chi connectivity index (χ0n) is 19.1. The van der Waals surface area contributed by atoms with Crippen molar-refractivity contribution in [3.8, 4) is 23.0 Å². The Morgan fingerprint density at radius 3 is 1.56 bits per heavy atom. The van der Waals surface area contributed by atoms with Gasteiger partial charge in [0.15, 0.2) is 23.0 Å². The first kappa shape index (κ1) is 20.2. The minimum absolute atomic E-state index is 0.683. The summed E-state index contributed by atoms with van der Waals surface area (Å²) < 4.78 is 22.5. The molecule has 162 valence electrons. The zero-order valence-corrected chi connectivity index (χ0v) is 19.1. The van der Waals surface area contributed by atoms with Crippen molar-refractivity contribution in [2.24, 2.45) is 0 Å². The lowest BCUT2D eigenvalue weighted by Gasteiger charge is -2.17. The Bertz CT molecular complexity index is 1540. The van der Waals surface area contributed by atoms with Crippen molar-refractivity contribution in [1.29, 1.82) is 0 Å². The number of aryl methyl sites for hydroxylation is 2. The van der Waals surface area contributed by atoms with Gasteiger partial charge in [0.2, 0.25) is 0 Å². The molecule has 5 nitrogen and oxygen atoms in total. The SMILES string of the molecule is COc1cc2c(C)nc3c4ccc(C)cc4c4cc(OC)c(OC)cc4c3c2cc1OC. The first-order chi connectivity index (χ1) is 15.5. The third-order valence-corrected chi connectivity index (χ3v) is 6.21. The zero-order chi connectivity index (χ0) is 22.6. The summed E-state index contributed by atoms with van der Waals surface area (Å²) in [7, 11) is 6.63. The van der Waals surface area contributed by atoms with E-state index in [4.69, 9.17) is 23.9 Å². The summed E-state index contributed by atoms with van der Waals surface area (Å²) in [6.45, 7) is 4.14. The summed E-state index contributed by atoms with van der Waals surface area (Å²) in [5.74, 6) is 2.75. The number of pyridine rings is 1. The van der Waals surface area contributed by atoms with Gasteiger partial charge in [-0.05, 0) is 59.7 Å². The maximum absolute atomic E-state index is 5.66. The fraction of sp³-hybridized carbons (Fsp3) is 0.222. The predicted molar refractivity (Wildman–Crippen MR) is 130 cm³/mol. The molecular weight excluding hydrogens is 402 g/mol. The van der Waals surface area contributed by atoms with Crippen LogP contribution in [-0.2, 0) is 0 Å². The van der Waals surface area contributed by atoms with Crippen molar-refractivity contribution in [2.75, 3.05) is 28.4 Å². The lowest BCUT2D eigenvalue weighted by Crippen LogP contribution is -1.96. The third kappa shape index (κ3) is 2.81. The van der Waals surface area contributed by atoms with Crippen LogP contribution in [0.15, 0.2) is 42.5 Å². The standard InChI is InChI=1S/C27H25NO4/c1-14-7-8-16-18(9-14)19-11-23(30-4)25(32-6)13-21(19)26-20-12-24(31-5)22(29-3)10-17(20)15(2)28-27(16)26/h7-13H,1-6H3. The molecule has 0 N–H and O–H groups in total. The largest absolute Gasteiger partial charge is 0.493 e. The third-order valence-electron chi connectivity index (χ3n) is 6.21. The van der Waals surface area contributed by atoms with Gasteiger partial charge >= 0.3 is 0 Å². The second-order valence-electron chi connectivity index (χ2n) is 7.98. The second kappa shape index (κ2) is 7.45. The van der Waals surface area contributed by atoms with Gasteiger partial charge in [0.1, 0.15) is 0 Å². The molecule has 1 aromatic heterocycles. The molecule has 0 atom stereocenters. The number of methoxy groups -OCH3 is 4. The summed E-state index contributed by atoms with van der Waals surface area (Å²) in [4.78, 5) is 5.07. The number of ether oxygens (including phenoxy) is 4. The van der Waals surface area contributed by atoms with Crippen LogP contribution in [0.4, 0.5) is 0 Å². The van der Waals surface area contributed by atoms with Crippen LogP contribution in [0.2, 0.25) is 0 Å². The van der Waals surface area contributed by atoms with E-state index in [-0.39, 0.29) is 0 Å². The molecule has 5 aromatic rings. The van der Waals surface area contributed by atoms with Gasteiger partial charge in [-0.1, -0.05) is 23.8 Å². The van der Waals surface area contributed by atoms with E-state index < -0.39 is 0 Å². The molecule has 0 unspecified atom stereocenters. The van der Waals surface area contributed by atoms with Crippen LogP contribution < -0.4 is 18.9 Å². The molecule has 0 amide bonds. The van der Waals surface area contributed by atoms with Crippen molar-refractivity contribution < 1.29 is 18.9 Å². The van der Waals surface area contributed by atoms with Gasteiger partial charge in [0.25, 0.3) is 0 Å². The van der Waals surface area contributed by atoms with E-state index in [0.717, 1.165) is 48.9 Å². The second-order valence-corrected chi connectivity index (χ2v) is 7.98. The van der Waals surface area contributed by atoms with E-state index in [0.29, 0.717) is 23.0 Å². The highest BCUT2D eigenvalue weighted by Gasteiger charge is 2.19. The smallest absolute Gasteiger partial charge is 0.161 e. The summed E-state index contributed by atoms with van der Waals surface area (Å²) in [6, 6.07) is 14.6. The average Bonchev–Trinajstić information content (AvgIpc) is 2.82. The highest BCUT2D eigenvalue weighted by Crippen LogP contribution is 2.45. The summed E-state index contributed by atoms with van der Waals surface area (Å²) in [6.07, 6.45) is 0. The molecule has 4 aromatic carbocycles. The lowest BCUT2D eigenvalue weighted by molar-refractivity contribution is 0.356. The Morgan fingerprint density at radius 2 is 1.00 bits per heavy atom. The maximum Gasteiger partial charge on any atom is 0.161 e. The van der Waals surface area contributed by atoms with Gasteiger partial charge in [0.05, 0.1) is 34.0 Å². The van der Waals surface area contributed by atoms with Crippen molar-refractivity contribution >= 4 is 43.2 Å². The van der Waals surface area contributed by atoms with Crippen LogP contribution in [0.25, 0.3) is 43.2 Å². The van der Waals surface area contributed by atoms with E-state index in [1.54, 1.807) is 28.4 Å². The van der Waals surface area contributed by atoms with Gasteiger partial charge in [0, 0.05) is 21.9 Å². The maximum atomic E-state index is 5.66. The van der Waals surface area contributed by atoms with E-state index >= 15 is 0 Å². The van der Waals surface area contributed by atoms with E-state index in [2.05, 4.69) is 31.2 Å². The number of hydrogen-bond donors (Lipinski definition) is 0. The Labute approximate surface area is 186 Å². The molecule has 32 heavy (non-hydrogen) atoms. The minimum Gasteiger partial charge on any atom is -0.493 e. The number of nitrogens with zero attached hydrogens (tertiary/aromatic N) is 1. The monoisotopic (exact) mass is 427 g/mol. The number of benzene rings is 4. The molecule has 0 radical (unpaired) electrons. The van der Waals surface area contributed by atoms with Gasteiger partial charge in [-0.2, -0.15) is 0 Å². The number of hydrogen-bond acceptors (Lipinski definition) is 5. The van der Waals surface area contributed by atoms with Crippen molar-refractivity contribution in [3.63, 3.8) is 0 Å². The highest BCUT2D eigenvalue weighted by atomic mass is 16.5. The fourth-order valence-electron chi connectivity index (χ4n) is 4.66. The Kier molecular flexibility index (Phi) is 4.70. The molecule has 1 heterocycles. The molecule has 0 aliphatic heterocycles. The molecule has 0 spiro atoms.